The smallest absolute Gasteiger partial charge is 0.310 e. The molecule has 4 aromatic rings. The first-order chi connectivity index (χ1) is 15.0. The Kier molecular flexibility index (Phi) is 6.39. The Hall–Kier alpha value is -2.70. The number of rotatable bonds is 7. The van der Waals surface area contributed by atoms with Crippen LogP contribution >= 0.6 is 23.4 Å². The summed E-state index contributed by atoms with van der Waals surface area (Å²) in [5, 5.41) is 6.29. The van der Waals surface area contributed by atoms with E-state index in [-0.39, 0.29) is 12.4 Å². The molecule has 4 rings (SSSR count). The van der Waals surface area contributed by atoms with Gasteiger partial charge in [0.1, 0.15) is 0 Å². The molecule has 5 nitrogen and oxygen atoms in total. The SMILES string of the molecule is CCOC(=O)Cc1ccc(Sc2c(C)n(-c3cnn(CC)c3)c3cc(Cl)ccc23)cc1. The Balaban J connectivity index is 1.69. The van der Waals surface area contributed by atoms with Crippen LogP contribution in [0.15, 0.2) is 64.6 Å². The Morgan fingerprint density at radius 1 is 1.16 bits per heavy atom. The molecule has 0 radical (unpaired) electrons. The second-order valence-corrected chi connectivity index (χ2v) is 8.71. The van der Waals surface area contributed by atoms with Crippen molar-refractivity contribution >= 4 is 40.2 Å². The zero-order chi connectivity index (χ0) is 22.0. The number of hydrogen-bond donors (Lipinski definition) is 0. The number of aromatic nitrogens is 3. The van der Waals surface area contributed by atoms with Crippen molar-refractivity contribution in [2.45, 2.75) is 43.5 Å². The average Bonchev–Trinajstić information content (AvgIpc) is 3.32. The predicted octanol–water partition coefficient (Wildman–Crippen LogP) is 6.07. The van der Waals surface area contributed by atoms with E-state index in [2.05, 4.69) is 29.6 Å². The lowest BCUT2D eigenvalue weighted by atomic mass is 10.1. The molecule has 0 saturated carbocycles. The van der Waals surface area contributed by atoms with Crippen LogP contribution < -0.4 is 0 Å². The molecule has 0 amide bonds. The fourth-order valence-electron chi connectivity index (χ4n) is 3.63. The van der Waals surface area contributed by atoms with Crippen LogP contribution in [0.1, 0.15) is 25.1 Å². The number of carbonyl (C=O) groups excluding carboxylic acids is 1. The Morgan fingerprint density at radius 3 is 2.61 bits per heavy atom. The van der Waals surface area contributed by atoms with E-state index < -0.39 is 0 Å². The fourth-order valence-corrected chi connectivity index (χ4v) is 4.83. The molecule has 0 fully saturated rings. The molecule has 0 spiro atoms. The van der Waals surface area contributed by atoms with Gasteiger partial charge in [0.15, 0.2) is 0 Å². The molecule has 160 valence electrons. The summed E-state index contributed by atoms with van der Waals surface area (Å²) in [6.45, 7) is 7.22. The third-order valence-electron chi connectivity index (χ3n) is 5.11. The zero-order valence-corrected chi connectivity index (χ0v) is 19.3. The van der Waals surface area contributed by atoms with Gasteiger partial charge in [0.25, 0.3) is 0 Å². The molecule has 0 aliphatic rings. The molecule has 2 aromatic heterocycles. The average molecular weight is 454 g/mol. The first kappa shape index (κ1) is 21.5. The van der Waals surface area contributed by atoms with Gasteiger partial charge >= 0.3 is 5.97 Å². The van der Waals surface area contributed by atoms with E-state index >= 15 is 0 Å². The third-order valence-corrected chi connectivity index (χ3v) is 6.57. The largest absolute Gasteiger partial charge is 0.466 e. The summed E-state index contributed by atoms with van der Waals surface area (Å²) >= 11 is 8.04. The van der Waals surface area contributed by atoms with Crippen LogP contribution in [0.25, 0.3) is 16.6 Å². The summed E-state index contributed by atoms with van der Waals surface area (Å²) in [4.78, 5) is 14.0. The van der Waals surface area contributed by atoms with Gasteiger partial charge in [0.2, 0.25) is 0 Å². The molecule has 0 unspecified atom stereocenters. The van der Waals surface area contributed by atoms with Gasteiger partial charge in [-0.3, -0.25) is 9.48 Å². The molecule has 0 N–H and O–H groups in total. The molecular formula is C24H24ClN3O2S. The van der Waals surface area contributed by atoms with Crippen molar-refractivity contribution in [1.82, 2.24) is 14.3 Å². The number of nitrogens with zero attached hydrogens (tertiary/aromatic N) is 3. The van der Waals surface area contributed by atoms with Gasteiger partial charge in [-0.25, -0.2) is 0 Å². The summed E-state index contributed by atoms with van der Waals surface area (Å²) in [5.74, 6) is -0.202. The molecule has 7 heteroatoms. The lowest BCUT2D eigenvalue weighted by molar-refractivity contribution is -0.142. The van der Waals surface area contributed by atoms with Crippen LogP contribution in [0, 0.1) is 6.92 Å². The number of esters is 1. The van der Waals surface area contributed by atoms with Gasteiger partial charge in [-0.15, -0.1) is 0 Å². The van der Waals surface area contributed by atoms with Crippen molar-refractivity contribution in [2.75, 3.05) is 6.61 Å². The van der Waals surface area contributed by atoms with Crippen LogP contribution in [0.5, 0.6) is 0 Å². The number of benzene rings is 2. The fraction of sp³-hybridized carbons (Fsp3) is 0.250. The Morgan fingerprint density at radius 2 is 1.94 bits per heavy atom. The van der Waals surface area contributed by atoms with E-state index in [9.17, 15) is 4.79 Å². The zero-order valence-electron chi connectivity index (χ0n) is 17.8. The van der Waals surface area contributed by atoms with Gasteiger partial charge in [0, 0.05) is 38.6 Å². The van der Waals surface area contributed by atoms with Gasteiger partial charge in [-0.1, -0.05) is 41.6 Å². The summed E-state index contributed by atoms with van der Waals surface area (Å²) in [6.07, 6.45) is 4.22. The van der Waals surface area contributed by atoms with E-state index in [0.29, 0.717) is 11.6 Å². The first-order valence-electron chi connectivity index (χ1n) is 10.3. The maximum absolute atomic E-state index is 11.7. The molecule has 0 aliphatic carbocycles. The van der Waals surface area contributed by atoms with E-state index in [1.54, 1.807) is 11.8 Å². The quantitative estimate of drug-likeness (QED) is 0.319. The van der Waals surface area contributed by atoms with E-state index in [0.717, 1.165) is 39.3 Å². The second kappa shape index (κ2) is 9.20. The van der Waals surface area contributed by atoms with Gasteiger partial charge < -0.3 is 9.30 Å². The first-order valence-corrected chi connectivity index (χ1v) is 11.5. The van der Waals surface area contributed by atoms with Crippen LogP contribution in [0.4, 0.5) is 0 Å². The van der Waals surface area contributed by atoms with Crippen LogP contribution in [-0.4, -0.2) is 26.9 Å². The number of halogens is 1. The monoisotopic (exact) mass is 453 g/mol. The Bertz CT molecular complexity index is 1230. The predicted molar refractivity (Wildman–Crippen MR) is 125 cm³/mol. The highest BCUT2D eigenvalue weighted by molar-refractivity contribution is 7.99. The van der Waals surface area contributed by atoms with E-state index in [1.807, 2.05) is 60.4 Å². The molecule has 0 aliphatic heterocycles. The summed E-state index contributed by atoms with van der Waals surface area (Å²) in [6, 6.07) is 14.1. The number of fused-ring (bicyclic) bond motifs is 1. The lowest BCUT2D eigenvalue weighted by Crippen LogP contribution is -2.07. The lowest BCUT2D eigenvalue weighted by Gasteiger charge is -2.07. The third kappa shape index (κ3) is 4.50. The minimum Gasteiger partial charge on any atom is -0.466 e. The van der Waals surface area contributed by atoms with Gasteiger partial charge in [0.05, 0.1) is 30.4 Å². The molecule has 0 bridgehead atoms. The molecule has 2 heterocycles. The van der Waals surface area contributed by atoms with Crippen molar-refractivity contribution in [3.8, 4) is 5.69 Å². The van der Waals surface area contributed by atoms with Crippen molar-refractivity contribution in [1.29, 1.82) is 0 Å². The number of carbonyl (C=O) groups is 1. The van der Waals surface area contributed by atoms with Gasteiger partial charge in [-0.2, -0.15) is 5.10 Å². The highest BCUT2D eigenvalue weighted by Crippen LogP contribution is 2.40. The minimum atomic E-state index is -0.202. The number of aryl methyl sites for hydroxylation is 1. The molecule has 31 heavy (non-hydrogen) atoms. The highest BCUT2D eigenvalue weighted by atomic mass is 35.5. The summed E-state index contributed by atoms with van der Waals surface area (Å²) < 4.78 is 9.16. The standard InChI is InChI=1S/C24H24ClN3O2S/c1-4-27-15-19(14-26-27)28-16(3)24(21-11-8-18(25)13-22(21)28)31-20-9-6-17(7-10-20)12-23(29)30-5-2/h6-11,13-15H,4-5,12H2,1-3H3. The second-order valence-electron chi connectivity index (χ2n) is 7.19. The number of ether oxygens (including phenoxy) is 1. The topological polar surface area (TPSA) is 49.1 Å². The van der Waals surface area contributed by atoms with Gasteiger partial charge in [-0.05, 0) is 50.6 Å². The van der Waals surface area contributed by atoms with E-state index in [4.69, 9.17) is 16.3 Å². The van der Waals surface area contributed by atoms with Crippen LogP contribution in [0.3, 0.4) is 0 Å². The maximum Gasteiger partial charge on any atom is 0.310 e. The minimum absolute atomic E-state index is 0.202. The van der Waals surface area contributed by atoms with Crippen LogP contribution in [-0.2, 0) is 22.5 Å². The molecule has 0 saturated heterocycles. The van der Waals surface area contributed by atoms with Crippen molar-refractivity contribution in [3.63, 3.8) is 0 Å². The highest BCUT2D eigenvalue weighted by Gasteiger charge is 2.18. The molecule has 0 atom stereocenters. The normalized spacial score (nSPS) is 11.2. The number of hydrogen-bond acceptors (Lipinski definition) is 4. The van der Waals surface area contributed by atoms with Crippen LogP contribution in [0.2, 0.25) is 5.02 Å². The summed E-state index contributed by atoms with van der Waals surface area (Å²) in [5.41, 5.74) is 4.15. The van der Waals surface area contributed by atoms with Crippen molar-refractivity contribution in [2.24, 2.45) is 0 Å². The molecule has 2 aromatic carbocycles. The Labute approximate surface area is 191 Å². The maximum atomic E-state index is 11.7. The summed E-state index contributed by atoms with van der Waals surface area (Å²) in [7, 11) is 0. The van der Waals surface area contributed by atoms with E-state index in [1.165, 1.54) is 4.90 Å². The van der Waals surface area contributed by atoms with Crippen molar-refractivity contribution in [3.05, 3.63) is 71.1 Å². The molecular weight excluding hydrogens is 430 g/mol. The van der Waals surface area contributed by atoms with Crippen molar-refractivity contribution < 1.29 is 9.53 Å².